The van der Waals surface area contributed by atoms with E-state index in [4.69, 9.17) is 14.2 Å². The molecule has 528 valence electrons. The smallest absolute Gasteiger partial charge is 0.377 e. The second kappa shape index (κ2) is 34.2. The maximum Gasteiger partial charge on any atom is 0.377 e. The molecule has 6 saturated carbocycles. The number of hydrogen-bond acceptors (Lipinski definition) is 11. The standard InChI is InChI=1S/2C18H15S.C14H20F2O2.C12H15OS.C11H12F2O4.C7H8F2O4/c2*1-4-10-16(11-5-1)19(17-12-6-2-7-13-17)18-14-8-3-9-15-18;1-13(15,16)12(17)18-8-14-5-9-2-10(6-14)4-11(3-9)7-14;13-12(10-14-8-4-5-9-14)11-6-2-1-3-7-11;1-11(12,13)10(15)17-7-4-2-5-6(3-4)9(14)16-8(5)7;1-7(8,9)6(11)13-4-2-5(10)12-3-4/h2*1-15H;9-11H,2-8H2,1H3;1-3,6-7H,4-5,8-10H2;4-8H,2-3H2,1H3;4H,2-3H2,1H3/q2*+1;;+1;;. The zero-order valence-electron chi connectivity index (χ0n) is 56.2. The van der Waals surface area contributed by atoms with E-state index in [9.17, 15) is 55.1 Å². The van der Waals surface area contributed by atoms with Crippen LogP contribution in [-0.2, 0) is 80.3 Å². The number of esters is 5. The van der Waals surface area contributed by atoms with Gasteiger partial charge in [0.15, 0.2) is 35.1 Å². The summed E-state index contributed by atoms with van der Waals surface area (Å²) in [6, 6.07) is 74.0. The highest BCUT2D eigenvalue weighted by Gasteiger charge is 2.64. The number of benzene rings is 7. The van der Waals surface area contributed by atoms with Gasteiger partial charge >= 0.3 is 47.6 Å². The number of carbonyl (C=O) groups is 6. The van der Waals surface area contributed by atoms with Crippen molar-refractivity contribution in [2.45, 2.75) is 157 Å². The van der Waals surface area contributed by atoms with Crippen molar-refractivity contribution in [2.24, 2.45) is 40.9 Å². The van der Waals surface area contributed by atoms with Crippen LogP contribution in [0.5, 0.6) is 0 Å². The molecule has 7 aromatic carbocycles. The molecule has 0 amide bonds. The van der Waals surface area contributed by atoms with Crippen molar-refractivity contribution in [3.8, 4) is 0 Å². The molecule has 11 nitrogen and oxygen atoms in total. The van der Waals surface area contributed by atoms with Gasteiger partial charge in [0.05, 0.1) is 40.7 Å². The number of hydrogen-bond donors (Lipinski definition) is 0. The molecule has 0 aromatic heterocycles. The number of cyclic esters (lactones) is 1. The monoisotopic (exact) mass is 1430 g/mol. The van der Waals surface area contributed by atoms with Gasteiger partial charge in [-0.15, -0.1) is 0 Å². The van der Waals surface area contributed by atoms with Crippen molar-refractivity contribution in [1.29, 1.82) is 0 Å². The summed E-state index contributed by atoms with van der Waals surface area (Å²) in [6.07, 6.45) is 8.89. The molecule has 9 aliphatic rings. The van der Waals surface area contributed by atoms with E-state index in [1.165, 1.54) is 73.0 Å². The number of ketones is 1. The van der Waals surface area contributed by atoms with Gasteiger partial charge in [0.25, 0.3) is 0 Å². The first kappa shape index (κ1) is 74.9. The zero-order chi connectivity index (χ0) is 71.0. The summed E-state index contributed by atoms with van der Waals surface area (Å²) in [5.41, 5.74) is 0.905. The van der Waals surface area contributed by atoms with Gasteiger partial charge in [-0.05, 0) is 166 Å². The fourth-order valence-corrected chi connectivity index (χ4v) is 21.3. The van der Waals surface area contributed by atoms with Crippen LogP contribution in [0.2, 0.25) is 0 Å². The Balaban J connectivity index is 0.000000130. The second-order valence-corrected chi connectivity index (χ2v) is 33.4. The Labute approximate surface area is 589 Å². The molecule has 7 aromatic rings. The number of halogens is 6. The topological polar surface area (TPSA) is 149 Å². The summed E-state index contributed by atoms with van der Waals surface area (Å²) in [6.45, 7) is 1.62. The van der Waals surface area contributed by atoms with E-state index in [0.29, 0.717) is 43.9 Å². The highest BCUT2D eigenvalue weighted by molar-refractivity contribution is 7.98. The average molecular weight is 1430 g/mol. The summed E-state index contributed by atoms with van der Waals surface area (Å²) in [5.74, 6) is -9.88. The highest BCUT2D eigenvalue weighted by atomic mass is 32.2. The largest absolute Gasteiger partial charge is 0.462 e. The maximum absolute atomic E-state index is 12.8. The van der Waals surface area contributed by atoms with Gasteiger partial charge in [-0.2, -0.15) is 26.3 Å². The van der Waals surface area contributed by atoms with E-state index in [-0.39, 0.29) is 70.6 Å². The molecule has 100 heavy (non-hydrogen) atoms. The van der Waals surface area contributed by atoms with Gasteiger partial charge in [-0.1, -0.05) is 140 Å². The third-order valence-corrected chi connectivity index (χ3v) is 25.8. The molecule has 0 radical (unpaired) electrons. The van der Waals surface area contributed by atoms with Gasteiger partial charge in [-0.25, -0.2) is 14.4 Å². The van der Waals surface area contributed by atoms with Gasteiger partial charge in [0.2, 0.25) is 5.78 Å². The van der Waals surface area contributed by atoms with Crippen molar-refractivity contribution in [2.75, 3.05) is 30.5 Å². The molecule has 0 N–H and O–H groups in total. The van der Waals surface area contributed by atoms with Gasteiger partial charge in [-0.3, -0.25) is 14.4 Å². The van der Waals surface area contributed by atoms with Crippen LogP contribution in [-0.4, -0.2) is 102 Å². The van der Waals surface area contributed by atoms with Crippen molar-refractivity contribution >= 4 is 68.3 Å². The molecule has 6 aliphatic carbocycles. The molecular weight excluding hydrogens is 1350 g/mol. The number of carbonyl (C=O) groups excluding carboxylic acids is 6. The van der Waals surface area contributed by atoms with E-state index in [1.807, 2.05) is 30.3 Å². The summed E-state index contributed by atoms with van der Waals surface area (Å²) >= 11 is 0. The molecule has 0 spiro atoms. The molecular formula is C80H85F6O11S3+3. The van der Waals surface area contributed by atoms with Crippen LogP contribution < -0.4 is 0 Å². The Morgan fingerprint density at radius 1 is 0.500 bits per heavy atom. The van der Waals surface area contributed by atoms with Gasteiger partial charge < -0.3 is 23.7 Å². The lowest BCUT2D eigenvalue weighted by Crippen LogP contribution is -2.49. The van der Waals surface area contributed by atoms with E-state index in [2.05, 4.69) is 191 Å². The highest BCUT2D eigenvalue weighted by Crippen LogP contribution is 2.60. The summed E-state index contributed by atoms with van der Waals surface area (Å²) in [5, 5.41) is 0. The van der Waals surface area contributed by atoms with E-state index < -0.39 is 60.0 Å². The third-order valence-electron chi connectivity index (χ3n) is 18.9. The molecule has 6 atom stereocenters. The first-order valence-corrected chi connectivity index (χ1v) is 38.2. The van der Waals surface area contributed by atoms with Crippen molar-refractivity contribution in [3.63, 3.8) is 0 Å². The van der Waals surface area contributed by atoms with Crippen LogP contribution in [0.25, 0.3) is 0 Å². The minimum Gasteiger partial charge on any atom is -0.462 e. The third kappa shape index (κ3) is 20.5. The minimum atomic E-state index is -3.52. The van der Waals surface area contributed by atoms with Crippen LogP contribution in [0.4, 0.5) is 26.3 Å². The first-order valence-electron chi connectivity index (χ1n) is 34.0. The lowest BCUT2D eigenvalue weighted by molar-refractivity contribution is -0.183. The number of fused-ring (bicyclic) bond motifs is 1. The Kier molecular flexibility index (Phi) is 25.6. The Morgan fingerprint density at radius 3 is 1.23 bits per heavy atom. The normalized spacial score (nSPS) is 24.2. The van der Waals surface area contributed by atoms with Gasteiger partial charge in [0, 0.05) is 43.6 Å². The molecule has 3 aliphatic heterocycles. The van der Waals surface area contributed by atoms with Crippen molar-refractivity contribution in [1.82, 2.24) is 0 Å². The number of ether oxygens (including phenoxy) is 5. The number of rotatable bonds is 16. The summed E-state index contributed by atoms with van der Waals surface area (Å²) in [7, 11) is 0.363. The average Bonchev–Trinajstić information content (AvgIpc) is 1.63. The predicted octanol–water partition coefficient (Wildman–Crippen LogP) is 16.9. The maximum atomic E-state index is 12.8. The molecule has 16 rings (SSSR count). The lowest BCUT2D eigenvalue weighted by atomic mass is 9.50. The van der Waals surface area contributed by atoms with E-state index in [0.717, 1.165) is 54.8 Å². The van der Waals surface area contributed by atoms with Crippen LogP contribution in [0, 0.1) is 40.9 Å². The van der Waals surface area contributed by atoms with E-state index in [1.54, 1.807) is 0 Å². The molecule has 3 heterocycles. The Hall–Kier alpha value is -7.81. The molecule has 20 heteroatoms. The van der Waals surface area contributed by atoms with Crippen LogP contribution >= 0.6 is 0 Å². The molecule has 9 fully saturated rings. The summed E-state index contributed by atoms with van der Waals surface area (Å²) < 4.78 is 99.2. The molecule has 6 unspecified atom stereocenters. The van der Waals surface area contributed by atoms with E-state index >= 15 is 0 Å². The SMILES string of the molecule is CC(F)(F)C(=O)OC1C2CC3C(=O)OC1C3C2.CC(F)(F)C(=O)OC1COC(=O)C1.CC(F)(F)C(=O)OCC12CC3CC(CC(C3)C1)C2.O=C(C[S+]1CCCC1)c1ccccc1.c1ccc([S+](c2ccccc2)c2ccccc2)cc1.c1ccc([S+](c2ccccc2)c2ccccc2)cc1. The quantitative estimate of drug-likeness (QED) is 0.0299. The Morgan fingerprint density at radius 2 is 0.870 bits per heavy atom. The molecule has 6 bridgehead atoms. The second-order valence-electron chi connectivity index (χ2n) is 27.0. The van der Waals surface area contributed by atoms with Crippen LogP contribution in [0.1, 0.15) is 102 Å². The fourth-order valence-electron chi connectivity index (χ4n) is 14.8. The van der Waals surface area contributed by atoms with Crippen LogP contribution in [0.3, 0.4) is 0 Å². The van der Waals surface area contributed by atoms with Crippen LogP contribution in [0.15, 0.2) is 242 Å². The Bertz CT molecular complexity index is 3450. The predicted molar refractivity (Wildman–Crippen MR) is 373 cm³/mol. The first-order chi connectivity index (χ1) is 47.9. The van der Waals surface area contributed by atoms with Crippen molar-refractivity contribution in [3.05, 3.63) is 218 Å². The minimum absolute atomic E-state index is 0.00671. The number of Topliss-reactive ketones (excluding diaryl/α,β-unsaturated/α-hetero) is 1. The molecule has 3 saturated heterocycles. The number of alkyl halides is 6. The van der Waals surface area contributed by atoms with Gasteiger partial charge in [0.1, 0.15) is 36.4 Å². The lowest BCUT2D eigenvalue weighted by Gasteiger charge is -2.56. The summed E-state index contributed by atoms with van der Waals surface area (Å²) in [4.78, 5) is 74.8. The van der Waals surface area contributed by atoms with Crippen molar-refractivity contribution < 1.29 is 78.8 Å². The fraction of sp³-hybridized carbons (Fsp3) is 0.400. The zero-order valence-corrected chi connectivity index (χ0v) is 58.6.